The number of aromatic nitrogens is 3. The van der Waals surface area contributed by atoms with Crippen LogP contribution in [0, 0.1) is 0 Å². The van der Waals surface area contributed by atoms with Gasteiger partial charge in [-0.2, -0.15) is 0 Å². The van der Waals surface area contributed by atoms with Gasteiger partial charge in [-0.05, 0) is 78.3 Å². The zero-order chi connectivity index (χ0) is 27.7. The van der Waals surface area contributed by atoms with Crippen molar-refractivity contribution >= 4 is 62.6 Å². The van der Waals surface area contributed by atoms with E-state index in [0.717, 1.165) is 10.0 Å². The number of amides is 1. The van der Waals surface area contributed by atoms with Crippen molar-refractivity contribution in [2.45, 2.75) is 37.1 Å². The molecular weight excluding hydrogens is 622 g/mol. The van der Waals surface area contributed by atoms with Gasteiger partial charge in [0.05, 0.1) is 26.3 Å². The molecular formula is C27H23BrClN5O3S2. The molecule has 8 nitrogen and oxygen atoms in total. The van der Waals surface area contributed by atoms with E-state index >= 15 is 0 Å². The molecule has 12 heteroatoms. The van der Waals surface area contributed by atoms with Crippen molar-refractivity contribution in [2.24, 2.45) is 4.99 Å². The Morgan fingerprint density at radius 3 is 2.59 bits per heavy atom. The predicted molar refractivity (Wildman–Crippen MR) is 156 cm³/mol. The van der Waals surface area contributed by atoms with Crippen LogP contribution in [0.2, 0.25) is 5.02 Å². The predicted octanol–water partition coefficient (Wildman–Crippen LogP) is 5.05. The molecule has 0 unspecified atom stereocenters. The van der Waals surface area contributed by atoms with Crippen molar-refractivity contribution < 1.29 is 9.21 Å². The molecule has 0 aliphatic carbocycles. The van der Waals surface area contributed by atoms with Crippen LogP contribution in [0.15, 0.2) is 89.0 Å². The maximum Gasteiger partial charge on any atom is 0.271 e. The van der Waals surface area contributed by atoms with E-state index in [9.17, 15) is 9.59 Å². The summed E-state index contributed by atoms with van der Waals surface area (Å²) in [5.74, 6) is 0.346. The Bertz CT molecular complexity index is 1740. The SMILES string of the molecule is CCN(CC)C(=O)C1=C(C)N=c2s/c(=C\c3cc(Br)c(Sc4ncccn4)o3)c(=O)n2[C@H]1c1ccc(Cl)cc1. The molecule has 0 bridgehead atoms. The van der Waals surface area contributed by atoms with E-state index in [0.29, 0.717) is 54.7 Å². The van der Waals surface area contributed by atoms with Crippen LogP contribution in [0.4, 0.5) is 0 Å². The van der Waals surface area contributed by atoms with Gasteiger partial charge in [0.1, 0.15) is 5.76 Å². The minimum absolute atomic E-state index is 0.143. The Labute approximate surface area is 245 Å². The fourth-order valence-corrected chi connectivity index (χ4v) is 6.69. The third-order valence-corrected chi connectivity index (χ3v) is 9.13. The number of furan rings is 1. The van der Waals surface area contributed by atoms with E-state index in [4.69, 9.17) is 21.0 Å². The monoisotopic (exact) mass is 643 g/mol. The number of hydrogen-bond acceptors (Lipinski definition) is 8. The first-order valence-corrected chi connectivity index (χ1v) is 14.9. The Balaban J connectivity index is 1.62. The summed E-state index contributed by atoms with van der Waals surface area (Å²) >= 11 is 12.2. The first kappa shape index (κ1) is 27.6. The molecule has 0 radical (unpaired) electrons. The Hall–Kier alpha value is -2.99. The number of benzene rings is 1. The van der Waals surface area contributed by atoms with Crippen molar-refractivity contribution in [1.82, 2.24) is 19.4 Å². The van der Waals surface area contributed by atoms with Gasteiger partial charge in [-0.15, -0.1) is 0 Å². The maximum atomic E-state index is 13.9. The molecule has 4 heterocycles. The van der Waals surface area contributed by atoms with E-state index < -0.39 is 6.04 Å². The highest BCUT2D eigenvalue weighted by molar-refractivity contribution is 9.10. The summed E-state index contributed by atoms with van der Waals surface area (Å²) in [6, 6.07) is 10.1. The number of thiazole rings is 1. The first-order valence-electron chi connectivity index (χ1n) is 12.1. The molecule has 3 aromatic heterocycles. The van der Waals surface area contributed by atoms with Crippen LogP contribution in [0.1, 0.15) is 38.1 Å². The molecule has 1 aliphatic rings. The fraction of sp³-hybridized carbons (Fsp3) is 0.222. The molecule has 1 aromatic carbocycles. The third-order valence-electron chi connectivity index (χ3n) is 6.16. The van der Waals surface area contributed by atoms with Gasteiger partial charge in [-0.1, -0.05) is 35.1 Å². The third kappa shape index (κ3) is 5.54. The van der Waals surface area contributed by atoms with Gasteiger partial charge >= 0.3 is 0 Å². The first-order chi connectivity index (χ1) is 18.8. The summed E-state index contributed by atoms with van der Waals surface area (Å²) in [5.41, 5.74) is 1.58. The van der Waals surface area contributed by atoms with Crippen molar-refractivity contribution in [3.8, 4) is 0 Å². The quantitative estimate of drug-likeness (QED) is 0.262. The zero-order valence-electron chi connectivity index (χ0n) is 21.2. The molecule has 1 atom stereocenters. The fourth-order valence-electron chi connectivity index (χ4n) is 4.30. The number of nitrogens with zero attached hydrogens (tertiary/aromatic N) is 5. The second-order valence-electron chi connectivity index (χ2n) is 8.53. The Morgan fingerprint density at radius 2 is 1.92 bits per heavy atom. The number of carbonyl (C=O) groups excluding carboxylic acids is 1. The molecule has 0 N–H and O–H groups in total. The second-order valence-corrected chi connectivity index (χ2v) is 11.8. The normalized spacial score (nSPS) is 15.3. The number of halogens is 2. The molecule has 0 saturated carbocycles. The molecule has 39 heavy (non-hydrogen) atoms. The molecule has 0 saturated heterocycles. The number of rotatable bonds is 7. The summed E-state index contributed by atoms with van der Waals surface area (Å²) < 4.78 is 8.75. The average Bonchev–Trinajstić information content (AvgIpc) is 3.42. The minimum Gasteiger partial charge on any atom is -0.449 e. The van der Waals surface area contributed by atoms with E-state index in [1.54, 1.807) is 52.2 Å². The van der Waals surface area contributed by atoms with Crippen LogP contribution in [-0.4, -0.2) is 38.4 Å². The van der Waals surface area contributed by atoms with Crippen LogP contribution >= 0.6 is 50.6 Å². The van der Waals surface area contributed by atoms with Crippen LogP contribution in [0.5, 0.6) is 0 Å². The van der Waals surface area contributed by atoms with E-state index in [2.05, 4.69) is 25.9 Å². The lowest BCUT2D eigenvalue weighted by molar-refractivity contribution is -0.127. The van der Waals surface area contributed by atoms with E-state index in [-0.39, 0.29) is 11.5 Å². The number of fused-ring (bicyclic) bond motifs is 1. The summed E-state index contributed by atoms with van der Waals surface area (Å²) in [7, 11) is 0. The molecule has 1 aliphatic heterocycles. The van der Waals surface area contributed by atoms with Crippen molar-refractivity contribution in [3.05, 3.63) is 101 Å². The highest BCUT2D eigenvalue weighted by Crippen LogP contribution is 2.35. The largest absolute Gasteiger partial charge is 0.449 e. The topological polar surface area (TPSA) is 93.6 Å². The van der Waals surface area contributed by atoms with E-state index in [1.165, 1.54) is 23.1 Å². The van der Waals surface area contributed by atoms with Crippen LogP contribution < -0.4 is 14.9 Å². The van der Waals surface area contributed by atoms with Gasteiger partial charge in [0, 0.05) is 36.6 Å². The standard InChI is InChI=1S/C27H23BrClN5O3S2/c1-4-33(5-2)24(36)21-15(3)32-27-34(22(21)16-7-9-17(29)10-8-16)23(35)20(38-27)14-18-13-19(28)25(37-18)39-26-30-11-6-12-31-26/h6-14,22H,4-5H2,1-3H3/b20-14-/t22-/m0/s1. The number of hydrogen-bond donors (Lipinski definition) is 0. The van der Waals surface area contributed by atoms with Gasteiger partial charge in [-0.25, -0.2) is 15.0 Å². The lowest BCUT2D eigenvalue weighted by Crippen LogP contribution is -2.43. The van der Waals surface area contributed by atoms with Crippen LogP contribution in [0.25, 0.3) is 6.08 Å². The smallest absolute Gasteiger partial charge is 0.271 e. The average molecular weight is 645 g/mol. The number of allylic oxidation sites excluding steroid dienone is 1. The van der Waals surface area contributed by atoms with Crippen molar-refractivity contribution in [2.75, 3.05) is 13.1 Å². The number of carbonyl (C=O) groups is 1. The van der Waals surface area contributed by atoms with Gasteiger partial charge in [0.2, 0.25) is 0 Å². The van der Waals surface area contributed by atoms with Gasteiger partial charge < -0.3 is 9.32 Å². The highest BCUT2D eigenvalue weighted by atomic mass is 79.9. The highest BCUT2D eigenvalue weighted by Gasteiger charge is 2.34. The molecule has 200 valence electrons. The molecule has 5 rings (SSSR count). The summed E-state index contributed by atoms with van der Waals surface area (Å²) in [5, 5.41) is 1.69. The molecule has 4 aromatic rings. The van der Waals surface area contributed by atoms with Gasteiger partial charge in [0.25, 0.3) is 11.5 Å². The molecule has 0 fully saturated rings. The van der Waals surface area contributed by atoms with Crippen molar-refractivity contribution in [1.29, 1.82) is 0 Å². The summed E-state index contributed by atoms with van der Waals surface area (Å²) in [6.07, 6.45) is 5.01. The second kappa shape index (κ2) is 11.6. The number of likely N-dealkylation sites (N-methyl/N-ethyl adjacent to an activating group) is 1. The van der Waals surface area contributed by atoms with Gasteiger partial charge in [-0.3, -0.25) is 14.2 Å². The Kier molecular flexibility index (Phi) is 8.22. The van der Waals surface area contributed by atoms with Crippen molar-refractivity contribution in [3.63, 3.8) is 0 Å². The minimum atomic E-state index is -0.640. The van der Waals surface area contributed by atoms with Gasteiger partial charge in [0.15, 0.2) is 15.1 Å². The van der Waals surface area contributed by atoms with Crippen LogP contribution in [-0.2, 0) is 4.79 Å². The summed E-state index contributed by atoms with van der Waals surface area (Å²) in [6.45, 7) is 6.77. The lowest BCUT2D eigenvalue weighted by atomic mass is 9.94. The maximum absolute atomic E-state index is 13.9. The lowest BCUT2D eigenvalue weighted by Gasteiger charge is -2.29. The van der Waals surface area contributed by atoms with E-state index in [1.807, 2.05) is 32.9 Å². The zero-order valence-corrected chi connectivity index (χ0v) is 25.2. The summed E-state index contributed by atoms with van der Waals surface area (Å²) in [4.78, 5) is 42.9. The molecule has 1 amide bonds. The van der Waals surface area contributed by atoms with Crippen LogP contribution in [0.3, 0.4) is 0 Å². The Morgan fingerprint density at radius 1 is 1.23 bits per heavy atom. The molecule has 0 spiro atoms.